The maximum atomic E-state index is 9.37. The van der Waals surface area contributed by atoms with Crippen molar-refractivity contribution in [1.82, 2.24) is 0 Å². The highest BCUT2D eigenvalue weighted by Crippen LogP contribution is 2.32. The first-order chi connectivity index (χ1) is 8.67. The number of hydrogen-bond acceptors (Lipinski definition) is 4. The Balaban J connectivity index is 0.000000280. The van der Waals surface area contributed by atoms with Gasteiger partial charge in [0, 0.05) is 5.88 Å². The molecule has 1 aliphatic heterocycles. The van der Waals surface area contributed by atoms with Gasteiger partial charge in [0.1, 0.15) is 0 Å². The van der Waals surface area contributed by atoms with E-state index >= 15 is 0 Å². The largest absolute Gasteiger partial charge is 0.454 e. The van der Waals surface area contributed by atoms with Crippen LogP contribution in [0.5, 0.6) is 11.5 Å². The number of fused-ring (bicyclic) bond motifs is 1. The molecule has 0 radical (unpaired) electrons. The molecule has 0 saturated carbocycles. The second kappa shape index (κ2) is 7.66. The number of primary amides is 1. The van der Waals surface area contributed by atoms with Crippen LogP contribution < -0.4 is 15.2 Å². The Bertz CT molecular complexity index is 398. The predicted molar refractivity (Wildman–Crippen MR) is 68.2 cm³/mol. The van der Waals surface area contributed by atoms with Crippen LogP contribution in [-0.4, -0.2) is 25.9 Å². The molecular formula is C12H16ClNO4. The molecule has 0 unspecified atom stereocenters. The van der Waals surface area contributed by atoms with Crippen LogP contribution >= 0.6 is 11.6 Å². The second-order valence-electron chi connectivity index (χ2n) is 3.50. The van der Waals surface area contributed by atoms with Gasteiger partial charge in [-0.2, -0.15) is 0 Å². The highest BCUT2D eigenvalue weighted by molar-refractivity contribution is 6.17. The summed E-state index contributed by atoms with van der Waals surface area (Å²) in [5, 5.41) is 0. The average Bonchev–Trinajstić information content (AvgIpc) is 2.84. The molecule has 1 amide bonds. The molecule has 6 heteroatoms. The number of methoxy groups -OCH3 is 1. The number of carbonyl (C=O) groups excluding carboxylic acids is 1. The van der Waals surface area contributed by atoms with Crippen LogP contribution in [0.3, 0.4) is 0 Å². The molecule has 1 heterocycles. The first-order valence-electron chi connectivity index (χ1n) is 5.45. The second-order valence-corrected chi connectivity index (χ2v) is 3.88. The van der Waals surface area contributed by atoms with E-state index in [-0.39, 0.29) is 0 Å². The lowest BCUT2D eigenvalue weighted by Gasteiger charge is -2.00. The van der Waals surface area contributed by atoms with Crippen molar-refractivity contribution in [3.05, 3.63) is 23.8 Å². The Morgan fingerprint density at radius 2 is 2.11 bits per heavy atom. The first kappa shape index (κ1) is 14.4. The maximum absolute atomic E-state index is 9.37. The van der Waals surface area contributed by atoms with Crippen LogP contribution in [0.1, 0.15) is 12.0 Å². The predicted octanol–water partition coefficient (Wildman–Crippen LogP) is 2.30. The maximum Gasteiger partial charge on any atom is 0.404 e. The van der Waals surface area contributed by atoms with Gasteiger partial charge in [0.2, 0.25) is 6.79 Å². The summed E-state index contributed by atoms with van der Waals surface area (Å²) in [4.78, 5) is 9.37. The van der Waals surface area contributed by atoms with Crippen molar-refractivity contribution in [3.63, 3.8) is 0 Å². The zero-order valence-corrected chi connectivity index (χ0v) is 10.9. The summed E-state index contributed by atoms with van der Waals surface area (Å²) in [6.45, 7) is 0.342. The topological polar surface area (TPSA) is 70.8 Å². The summed E-state index contributed by atoms with van der Waals surface area (Å²) in [7, 11) is 1.22. The highest BCUT2D eigenvalue weighted by Gasteiger charge is 2.12. The standard InChI is InChI=1S/C10H11ClO2.C2H5NO2/c11-5-1-2-8-3-4-9-10(6-8)13-7-12-9;1-5-2(3)4/h3-4,6H,1-2,5,7H2;1H3,(H2,3,4). The number of carbonyl (C=O) groups is 1. The molecule has 100 valence electrons. The highest BCUT2D eigenvalue weighted by atomic mass is 35.5. The van der Waals surface area contributed by atoms with Gasteiger partial charge in [-0.25, -0.2) is 4.79 Å². The van der Waals surface area contributed by atoms with Gasteiger partial charge in [-0.3, -0.25) is 0 Å². The fourth-order valence-corrected chi connectivity index (χ4v) is 1.50. The molecule has 0 aliphatic carbocycles. The van der Waals surface area contributed by atoms with E-state index in [1.165, 1.54) is 12.7 Å². The third-order valence-electron chi connectivity index (χ3n) is 2.24. The van der Waals surface area contributed by atoms with Crippen LogP contribution in [0.25, 0.3) is 0 Å². The fourth-order valence-electron chi connectivity index (χ4n) is 1.37. The molecule has 5 nitrogen and oxygen atoms in total. The van der Waals surface area contributed by atoms with Gasteiger partial charge in [0.25, 0.3) is 0 Å². The van der Waals surface area contributed by atoms with E-state index in [1.807, 2.05) is 12.1 Å². The molecule has 0 fully saturated rings. The summed E-state index contributed by atoms with van der Waals surface area (Å²) in [5.41, 5.74) is 5.69. The number of aryl methyl sites for hydroxylation is 1. The van der Waals surface area contributed by atoms with E-state index in [4.69, 9.17) is 21.1 Å². The fraction of sp³-hybridized carbons (Fsp3) is 0.417. The van der Waals surface area contributed by atoms with E-state index in [0.29, 0.717) is 12.7 Å². The van der Waals surface area contributed by atoms with Crippen LogP contribution in [0, 0.1) is 0 Å². The lowest BCUT2D eigenvalue weighted by molar-refractivity contribution is 0.174. The van der Waals surface area contributed by atoms with Gasteiger partial charge < -0.3 is 19.9 Å². The molecule has 2 N–H and O–H groups in total. The van der Waals surface area contributed by atoms with Crippen LogP contribution in [0.2, 0.25) is 0 Å². The van der Waals surface area contributed by atoms with Crippen molar-refractivity contribution in [2.45, 2.75) is 12.8 Å². The van der Waals surface area contributed by atoms with Crippen molar-refractivity contribution in [2.75, 3.05) is 19.8 Å². The minimum Gasteiger partial charge on any atom is -0.454 e. The van der Waals surface area contributed by atoms with E-state index in [2.05, 4.69) is 16.5 Å². The number of alkyl halides is 1. The lowest BCUT2D eigenvalue weighted by Crippen LogP contribution is -2.08. The summed E-state index contributed by atoms with van der Waals surface area (Å²) in [6, 6.07) is 6.03. The van der Waals surface area contributed by atoms with Crippen molar-refractivity contribution >= 4 is 17.7 Å². The number of hydrogen-bond donors (Lipinski definition) is 1. The summed E-state index contributed by atoms with van der Waals surface area (Å²) in [5.74, 6) is 2.40. The van der Waals surface area contributed by atoms with Crippen molar-refractivity contribution < 1.29 is 19.0 Å². The molecule has 0 aromatic heterocycles. The minimum absolute atomic E-state index is 0.342. The third-order valence-corrected chi connectivity index (χ3v) is 2.50. The minimum atomic E-state index is -0.745. The molecule has 1 aromatic carbocycles. The number of benzene rings is 1. The summed E-state index contributed by atoms with van der Waals surface area (Å²) >= 11 is 5.61. The van der Waals surface area contributed by atoms with Crippen LogP contribution in [-0.2, 0) is 11.2 Å². The van der Waals surface area contributed by atoms with Gasteiger partial charge in [-0.1, -0.05) is 6.07 Å². The van der Waals surface area contributed by atoms with Crippen molar-refractivity contribution in [2.24, 2.45) is 5.73 Å². The van der Waals surface area contributed by atoms with Crippen molar-refractivity contribution in [3.8, 4) is 11.5 Å². The van der Waals surface area contributed by atoms with Gasteiger partial charge >= 0.3 is 6.09 Å². The molecule has 0 saturated heterocycles. The number of rotatable bonds is 3. The normalized spacial score (nSPS) is 11.4. The Labute approximate surface area is 111 Å². The number of halogens is 1. The molecule has 0 spiro atoms. The van der Waals surface area contributed by atoms with Gasteiger partial charge in [-0.15, -0.1) is 11.6 Å². The van der Waals surface area contributed by atoms with E-state index in [1.54, 1.807) is 0 Å². The Hall–Kier alpha value is -1.62. The molecule has 2 rings (SSSR count). The smallest absolute Gasteiger partial charge is 0.404 e. The van der Waals surface area contributed by atoms with E-state index in [0.717, 1.165) is 24.3 Å². The first-order valence-corrected chi connectivity index (χ1v) is 5.98. The third kappa shape index (κ3) is 4.71. The monoisotopic (exact) mass is 273 g/mol. The van der Waals surface area contributed by atoms with Crippen LogP contribution in [0.4, 0.5) is 4.79 Å². The molecule has 1 aliphatic rings. The van der Waals surface area contributed by atoms with Gasteiger partial charge in [-0.05, 0) is 30.5 Å². The number of amides is 1. The van der Waals surface area contributed by atoms with E-state index in [9.17, 15) is 4.79 Å². The van der Waals surface area contributed by atoms with E-state index < -0.39 is 6.09 Å². The zero-order valence-electron chi connectivity index (χ0n) is 10.1. The zero-order chi connectivity index (χ0) is 13.4. The van der Waals surface area contributed by atoms with Gasteiger partial charge in [0.15, 0.2) is 11.5 Å². The quantitative estimate of drug-likeness (QED) is 0.858. The molecule has 0 bridgehead atoms. The Morgan fingerprint density at radius 1 is 1.44 bits per heavy atom. The van der Waals surface area contributed by atoms with Crippen LogP contribution in [0.15, 0.2) is 18.2 Å². The Morgan fingerprint density at radius 3 is 2.72 bits per heavy atom. The molecular weight excluding hydrogens is 258 g/mol. The summed E-state index contributed by atoms with van der Waals surface area (Å²) < 4.78 is 14.4. The Kier molecular flexibility index (Phi) is 6.14. The lowest BCUT2D eigenvalue weighted by atomic mass is 10.1. The molecule has 1 aromatic rings. The number of ether oxygens (including phenoxy) is 3. The number of nitrogens with two attached hydrogens (primary N) is 1. The average molecular weight is 274 g/mol. The SMILES string of the molecule is COC(N)=O.ClCCCc1ccc2c(c1)OCO2. The summed E-state index contributed by atoms with van der Waals surface area (Å²) in [6.07, 6.45) is 1.26. The van der Waals surface area contributed by atoms with Gasteiger partial charge in [0.05, 0.1) is 7.11 Å². The van der Waals surface area contributed by atoms with Crippen molar-refractivity contribution in [1.29, 1.82) is 0 Å². The molecule has 0 atom stereocenters. The molecule has 18 heavy (non-hydrogen) atoms.